The van der Waals surface area contributed by atoms with E-state index in [2.05, 4.69) is 19.8 Å². The van der Waals surface area contributed by atoms with Gasteiger partial charge < -0.3 is 9.80 Å². The first-order valence-electron chi connectivity index (χ1n) is 7.80. The minimum atomic E-state index is -0.0121. The summed E-state index contributed by atoms with van der Waals surface area (Å²) < 4.78 is 0. The van der Waals surface area contributed by atoms with E-state index in [4.69, 9.17) is 0 Å². The van der Waals surface area contributed by atoms with E-state index in [1.807, 2.05) is 17.9 Å². The third-order valence-electron chi connectivity index (χ3n) is 4.47. The predicted molar refractivity (Wildman–Crippen MR) is 81.1 cm³/mol. The first-order valence-corrected chi connectivity index (χ1v) is 7.80. The third kappa shape index (κ3) is 3.15. The van der Waals surface area contributed by atoms with Crippen LogP contribution < -0.4 is 4.90 Å². The molecule has 1 amide bonds. The van der Waals surface area contributed by atoms with Gasteiger partial charge in [-0.25, -0.2) is 9.97 Å². The van der Waals surface area contributed by atoms with Crippen molar-refractivity contribution in [3.05, 3.63) is 18.5 Å². The van der Waals surface area contributed by atoms with Crippen LogP contribution in [0.1, 0.15) is 19.8 Å². The first kappa shape index (κ1) is 14.3. The van der Waals surface area contributed by atoms with Gasteiger partial charge in [-0.2, -0.15) is 0 Å². The fourth-order valence-corrected chi connectivity index (χ4v) is 3.12. The summed E-state index contributed by atoms with van der Waals surface area (Å²) in [5.74, 6) is 1.08. The van der Waals surface area contributed by atoms with Gasteiger partial charge in [-0.3, -0.25) is 9.69 Å². The molecule has 0 unspecified atom stereocenters. The van der Waals surface area contributed by atoms with Crippen LogP contribution in [0.5, 0.6) is 0 Å². The van der Waals surface area contributed by atoms with Crippen molar-refractivity contribution < 1.29 is 4.79 Å². The quantitative estimate of drug-likeness (QED) is 0.816. The zero-order valence-corrected chi connectivity index (χ0v) is 12.6. The molecule has 0 aliphatic carbocycles. The van der Waals surface area contributed by atoms with Crippen molar-refractivity contribution in [2.24, 2.45) is 0 Å². The van der Waals surface area contributed by atoms with Crippen LogP contribution in [0, 0.1) is 0 Å². The van der Waals surface area contributed by atoms with E-state index in [1.165, 1.54) is 0 Å². The van der Waals surface area contributed by atoms with Gasteiger partial charge in [0, 0.05) is 51.7 Å². The summed E-state index contributed by atoms with van der Waals surface area (Å²) in [6.45, 7) is 7.43. The van der Waals surface area contributed by atoms with E-state index in [-0.39, 0.29) is 11.9 Å². The topological polar surface area (TPSA) is 52.6 Å². The Morgan fingerprint density at radius 1 is 1.05 bits per heavy atom. The van der Waals surface area contributed by atoms with Gasteiger partial charge in [0.25, 0.3) is 0 Å². The molecule has 1 aromatic heterocycles. The highest BCUT2D eigenvalue weighted by atomic mass is 16.2. The van der Waals surface area contributed by atoms with Gasteiger partial charge in [0.15, 0.2) is 0 Å². The third-order valence-corrected chi connectivity index (χ3v) is 4.47. The smallest absolute Gasteiger partial charge is 0.239 e. The Kier molecular flexibility index (Phi) is 4.34. The number of aromatic nitrogens is 2. The van der Waals surface area contributed by atoms with Crippen LogP contribution in [0.4, 0.5) is 5.95 Å². The average Bonchev–Trinajstić information content (AvgIpc) is 3.09. The molecule has 2 saturated heterocycles. The molecular weight excluding hydrogens is 266 g/mol. The summed E-state index contributed by atoms with van der Waals surface area (Å²) in [5, 5.41) is 0. The molecule has 1 aromatic rings. The van der Waals surface area contributed by atoms with Crippen LogP contribution in [0.3, 0.4) is 0 Å². The molecule has 0 N–H and O–H groups in total. The van der Waals surface area contributed by atoms with Gasteiger partial charge >= 0.3 is 0 Å². The van der Waals surface area contributed by atoms with Crippen LogP contribution in [0.2, 0.25) is 0 Å². The molecule has 0 bridgehead atoms. The van der Waals surface area contributed by atoms with E-state index < -0.39 is 0 Å². The molecule has 21 heavy (non-hydrogen) atoms. The lowest BCUT2D eigenvalue weighted by Gasteiger charge is -2.38. The number of carbonyl (C=O) groups excluding carboxylic acids is 1. The summed E-state index contributed by atoms with van der Waals surface area (Å²) in [6.07, 6.45) is 5.84. The van der Waals surface area contributed by atoms with Crippen LogP contribution in [0.25, 0.3) is 0 Å². The fourth-order valence-electron chi connectivity index (χ4n) is 3.12. The van der Waals surface area contributed by atoms with Gasteiger partial charge in [-0.1, -0.05) is 0 Å². The Morgan fingerprint density at radius 2 is 1.67 bits per heavy atom. The molecule has 2 fully saturated rings. The maximum Gasteiger partial charge on any atom is 0.239 e. The molecule has 2 aliphatic rings. The Morgan fingerprint density at radius 3 is 2.29 bits per heavy atom. The molecule has 2 aliphatic heterocycles. The van der Waals surface area contributed by atoms with E-state index in [9.17, 15) is 4.79 Å². The maximum atomic E-state index is 12.4. The van der Waals surface area contributed by atoms with Crippen molar-refractivity contribution in [1.29, 1.82) is 0 Å². The summed E-state index contributed by atoms with van der Waals surface area (Å²) in [6, 6.07) is 1.82. The van der Waals surface area contributed by atoms with Crippen LogP contribution >= 0.6 is 0 Å². The molecular formula is C15H23N5O. The second-order valence-electron chi connectivity index (χ2n) is 5.78. The largest absolute Gasteiger partial charge is 0.341 e. The van der Waals surface area contributed by atoms with Crippen LogP contribution in [-0.2, 0) is 4.79 Å². The second-order valence-corrected chi connectivity index (χ2v) is 5.78. The van der Waals surface area contributed by atoms with Gasteiger partial charge in [-0.05, 0) is 25.8 Å². The molecule has 6 nitrogen and oxygen atoms in total. The summed E-state index contributed by atoms with van der Waals surface area (Å²) >= 11 is 0. The van der Waals surface area contributed by atoms with Crippen molar-refractivity contribution in [1.82, 2.24) is 19.8 Å². The summed E-state index contributed by atoms with van der Waals surface area (Å²) in [5.41, 5.74) is 0. The van der Waals surface area contributed by atoms with Gasteiger partial charge in [-0.15, -0.1) is 0 Å². The van der Waals surface area contributed by atoms with Crippen molar-refractivity contribution in [2.75, 3.05) is 44.2 Å². The Labute approximate surface area is 125 Å². The number of rotatable bonds is 3. The van der Waals surface area contributed by atoms with E-state index in [0.717, 1.165) is 58.1 Å². The lowest BCUT2D eigenvalue weighted by atomic mass is 10.2. The van der Waals surface area contributed by atoms with Gasteiger partial charge in [0.2, 0.25) is 11.9 Å². The van der Waals surface area contributed by atoms with Gasteiger partial charge in [0.05, 0.1) is 6.04 Å². The molecule has 114 valence electrons. The zero-order chi connectivity index (χ0) is 14.7. The van der Waals surface area contributed by atoms with Crippen molar-refractivity contribution >= 4 is 11.9 Å². The molecule has 0 spiro atoms. The lowest BCUT2D eigenvalue weighted by molar-refractivity contribution is -0.135. The molecule has 0 radical (unpaired) electrons. The zero-order valence-electron chi connectivity index (χ0n) is 12.6. The fraction of sp³-hybridized carbons (Fsp3) is 0.667. The minimum Gasteiger partial charge on any atom is -0.341 e. The normalized spacial score (nSPS) is 21.6. The molecule has 1 atom stereocenters. The number of hydrogen-bond donors (Lipinski definition) is 0. The number of hydrogen-bond acceptors (Lipinski definition) is 5. The summed E-state index contributed by atoms with van der Waals surface area (Å²) in [7, 11) is 0. The highest BCUT2D eigenvalue weighted by Crippen LogP contribution is 2.15. The minimum absolute atomic E-state index is 0.0121. The molecule has 6 heteroatoms. The van der Waals surface area contributed by atoms with Crippen molar-refractivity contribution in [3.63, 3.8) is 0 Å². The van der Waals surface area contributed by atoms with E-state index in [0.29, 0.717) is 0 Å². The number of carbonyl (C=O) groups is 1. The average molecular weight is 289 g/mol. The molecule has 3 rings (SSSR count). The number of amides is 1. The number of nitrogens with zero attached hydrogens (tertiary/aromatic N) is 5. The Hall–Kier alpha value is -1.69. The van der Waals surface area contributed by atoms with E-state index >= 15 is 0 Å². The first-order chi connectivity index (χ1) is 10.3. The van der Waals surface area contributed by atoms with Crippen LogP contribution in [-0.4, -0.2) is 71.0 Å². The van der Waals surface area contributed by atoms with Gasteiger partial charge in [0.1, 0.15) is 0 Å². The molecule has 3 heterocycles. The highest BCUT2D eigenvalue weighted by molar-refractivity contribution is 5.81. The monoisotopic (exact) mass is 289 g/mol. The maximum absolute atomic E-state index is 12.4. The van der Waals surface area contributed by atoms with Crippen molar-refractivity contribution in [2.45, 2.75) is 25.8 Å². The standard InChI is InChI=1S/C15H23N5O/c1-13(14(21)19-7-2-3-8-19)18-9-11-20(12-10-18)15-16-5-4-6-17-15/h4-6,13H,2-3,7-12H2,1H3/t13-/m1/s1. The number of anilines is 1. The second kappa shape index (κ2) is 6.39. The van der Waals surface area contributed by atoms with Crippen molar-refractivity contribution in [3.8, 4) is 0 Å². The summed E-state index contributed by atoms with van der Waals surface area (Å²) in [4.78, 5) is 27.5. The predicted octanol–water partition coefficient (Wildman–Crippen LogP) is 0.609. The van der Waals surface area contributed by atoms with E-state index in [1.54, 1.807) is 12.4 Å². The van der Waals surface area contributed by atoms with Crippen LogP contribution in [0.15, 0.2) is 18.5 Å². The molecule has 0 saturated carbocycles. The lowest BCUT2D eigenvalue weighted by Crippen LogP contribution is -2.54. The SMILES string of the molecule is C[C@H](C(=O)N1CCCC1)N1CCN(c2ncccn2)CC1. The highest BCUT2D eigenvalue weighted by Gasteiger charge is 2.30. The Balaban J connectivity index is 1.54. The number of piperazine rings is 1. The molecule has 0 aromatic carbocycles. The Bertz CT molecular complexity index is 466. The number of likely N-dealkylation sites (tertiary alicyclic amines) is 1.